The summed E-state index contributed by atoms with van der Waals surface area (Å²) in [6.07, 6.45) is 1.88. The van der Waals surface area contributed by atoms with Gasteiger partial charge in [0.1, 0.15) is 22.9 Å². The van der Waals surface area contributed by atoms with E-state index in [1.54, 1.807) is 22.7 Å². The summed E-state index contributed by atoms with van der Waals surface area (Å²) in [4.78, 5) is 27.2. The molecule has 19 heavy (non-hydrogen) atoms. The van der Waals surface area contributed by atoms with E-state index in [2.05, 4.69) is 4.98 Å². The number of carbonyl (C=O) groups is 2. The second-order valence-electron chi connectivity index (χ2n) is 4.04. The van der Waals surface area contributed by atoms with Crippen LogP contribution in [0.3, 0.4) is 0 Å². The minimum Gasteiger partial charge on any atom is -0.494 e. The van der Waals surface area contributed by atoms with Gasteiger partial charge in [0.15, 0.2) is 5.69 Å². The van der Waals surface area contributed by atoms with Crippen LogP contribution in [-0.2, 0) is 16.0 Å². The molecule has 6 nitrogen and oxygen atoms in total. The van der Waals surface area contributed by atoms with Gasteiger partial charge in [-0.2, -0.15) is 0 Å². The van der Waals surface area contributed by atoms with Crippen molar-refractivity contribution in [2.75, 3.05) is 14.2 Å². The summed E-state index contributed by atoms with van der Waals surface area (Å²) >= 11 is 0. The fourth-order valence-electron chi connectivity index (χ4n) is 1.92. The molecule has 0 aliphatic carbocycles. The number of carbonyl (C=O) groups excluding carboxylic acids is 2. The maximum absolute atomic E-state index is 11.8. The van der Waals surface area contributed by atoms with Gasteiger partial charge in [0, 0.05) is 6.20 Å². The third-order valence-corrected chi connectivity index (χ3v) is 2.71. The van der Waals surface area contributed by atoms with Crippen molar-refractivity contribution in [2.24, 2.45) is 0 Å². The highest BCUT2D eigenvalue weighted by molar-refractivity contribution is 5.97. The lowest BCUT2D eigenvalue weighted by Gasteiger charge is -2.04. The van der Waals surface area contributed by atoms with Crippen LogP contribution < -0.4 is 4.74 Å². The topological polar surface area (TPSA) is 69.9 Å². The summed E-state index contributed by atoms with van der Waals surface area (Å²) in [6.45, 7) is 1.47. The van der Waals surface area contributed by atoms with Crippen molar-refractivity contribution >= 4 is 17.3 Å². The Kier molecular flexibility index (Phi) is 3.50. The Bertz CT molecular complexity index is 645. The maximum atomic E-state index is 11.8. The fourth-order valence-corrected chi connectivity index (χ4v) is 1.92. The number of pyridine rings is 1. The molecule has 0 radical (unpaired) electrons. The molecule has 0 amide bonds. The zero-order valence-corrected chi connectivity index (χ0v) is 11.0. The smallest absolute Gasteiger partial charge is 0.359 e. The highest BCUT2D eigenvalue weighted by Gasteiger charge is 2.21. The number of aromatic nitrogens is 2. The van der Waals surface area contributed by atoms with Gasteiger partial charge >= 0.3 is 5.97 Å². The molecule has 0 aromatic carbocycles. The van der Waals surface area contributed by atoms with E-state index in [1.807, 2.05) is 0 Å². The predicted molar refractivity (Wildman–Crippen MR) is 67.5 cm³/mol. The van der Waals surface area contributed by atoms with Crippen molar-refractivity contribution in [1.29, 1.82) is 0 Å². The molecule has 2 heterocycles. The highest BCUT2D eigenvalue weighted by atomic mass is 16.5. The Morgan fingerprint density at radius 3 is 2.68 bits per heavy atom. The normalized spacial score (nSPS) is 10.5. The lowest BCUT2D eigenvalue weighted by atomic mass is 10.3. The molecule has 0 aliphatic rings. The summed E-state index contributed by atoms with van der Waals surface area (Å²) in [7, 11) is 2.79. The van der Waals surface area contributed by atoms with E-state index in [0.29, 0.717) is 17.1 Å². The van der Waals surface area contributed by atoms with Crippen LogP contribution >= 0.6 is 0 Å². The summed E-state index contributed by atoms with van der Waals surface area (Å²) in [5.41, 5.74) is 0.657. The molecule has 100 valence electrons. The van der Waals surface area contributed by atoms with Crippen LogP contribution in [0.2, 0.25) is 0 Å². The number of fused-ring (bicyclic) bond motifs is 1. The molecule has 2 rings (SSSR count). The van der Waals surface area contributed by atoms with E-state index in [9.17, 15) is 9.59 Å². The second-order valence-corrected chi connectivity index (χ2v) is 4.04. The molecule has 0 saturated heterocycles. The zero-order chi connectivity index (χ0) is 14.0. The first-order chi connectivity index (χ1) is 9.08. The van der Waals surface area contributed by atoms with Gasteiger partial charge in [-0.15, -0.1) is 0 Å². The first-order valence-electron chi connectivity index (χ1n) is 5.70. The Morgan fingerprint density at radius 2 is 2.11 bits per heavy atom. The Balaban J connectivity index is 2.73. The van der Waals surface area contributed by atoms with Crippen LogP contribution in [0.25, 0.3) is 5.52 Å². The molecule has 0 aliphatic heterocycles. The molecule has 0 fully saturated rings. The van der Waals surface area contributed by atoms with Crippen molar-refractivity contribution in [2.45, 2.75) is 13.3 Å². The first kappa shape index (κ1) is 13.1. The second kappa shape index (κ2) is 5.09. The van der Waals surface area contributed by atoms with E-state index in [0.717, 1.165) is 0 Å². The Hall–Kier alpha value is -2.37. The van der Waals surface area contributed by atoms with Crippen LogP contribution in [0.4, 0.5) is 0 Å². The van der Waals surface area contributed by atoms with Gasteiger partial charge in [-0.3, -0.25) is 9.20 Å². The molecule has 0 unspecified atom stereocenters. The van der Waals surface area contributed by atoms with E-state index < -0.39 is 5.97 Å². The van der Waals surface area contributed by atoms with Crippen molar-refractivity contribution in [3.05, 3.63) is 29.8 Å². The minimum atomic E-state index is -0.559. The quantitative estimate of drug-likeness (QED) is 0.776. The summed E-state index contributed by atoms with van der Waals surface area (Å²) in [5, 5.41) is 0. The monoisotopic (exact) mass is 262 g/mol. The van der Waals surface area contributed by atoms with E-state index >= 15 is 0 Å². The lowest BCUT2D eigenvalue weighted by Crippen LogP contribution is -2.03. The van der Waals surface area contributed by atoms with Gasteiger partial charge in [-0.1, -0.05) is 0 Å². The molecular weight excluding hydrogens is 248 g/mol. The SMILES string of the molecule is COC(=O)c1nc(CC(C)=O)n2cccc(OC)c12. The molecule has 0 spiro atoms. The van der Waals surface area contributed by atoms with Crippen LogP contribution in [0, 0.1) is 0 Å². The van der Waals surface area contributed by atoms with Gasteiger partial charge in [0.25, 0.3) is 0 Å². The Morgan fingerprint density at radius 1 is 1.37 bits per heavy atom. The first-order valence-corrected chi connectivity index (χ1v) is 5.70. The molecule has 0 N–H and O–H groups in total. The summed E-state index contributed by atoms with van der Waals surface area (Å²) in [5.74, 6) is 0.398. The molecular formula is C13H14N2O4. The van der Waals surface area contributed by atoms with Gasteiger partial charge < -0.3 is 9.47 Å². The lowest BCUT2D eigenvalue weighted by molar-refractivity contribution is -0.116. The number of rotatable bonds is 4. The van der Waals surface area contributed by atoms with Crippen molar-refractivity contribution in [3.8, 4) is 5.75 Å². The largest absolute Gasteiger partial charge is 0.494 e. The van der Waals surface area contributed by atoms with Crippen LogP contribution in [0.15, 0.2) is 18.3 Å². The van der Waals surface area contributed by atoms with Crippen molar-refractivity contribution in [3.63, 3.8) is 0 Å². The van der Waals surface area contributed by atoms with E-state index in [1.165, 1.54) is 21.1 Å². The Labute approximate surface area is 110 Å². The maximum Gasteiger partial charge on any atom is 0.359 e. The minimum absolute atomic E-state index is 0.0360. The van der Waals surface area contributed by atoms with Crippen LogP contribution in [0.5, 0.6) is 5.75 Å². The molecule has 0 atom stereocenters. The molecule has 0 saturated carbocycles. The number of nitrogens with zero attached hydrogens (tertiary/aromatic N) is 2. The predicted octanol–water partition coefficient (Wildman–Crippen LogP) is 1.26. The molecule has 2 aromatic rings. The number of methoxy groups -OCH3 is 2. The van der Waals surface area contributed by atoms with Crippen molar-refractivity contribution in [1.82, 2.24) is 9.38 Å². The summed E-state index contributed by atoms with van der Waals surface area (Å²) < 4.78 is 11.6. The standard InChI is InChI=1S/C13H14N2O4/c1-8(16)7-10-14-11(13(17)19-3)12-9(18-2)5-4-6-15(10)12/h4-6H,7H2,1-3H3. The average molecular weight is 262 g/mol. The highest BCUT2D eigenvalue weighted by Crippen LogP contribution is 2.25. The van der Waals surface area contributed by atoms with E-state index in [4.69, 9.17) is 9.47 Å². The molecule has 6 heteroatoms. The van der Waals surface area contributed by atoms with E-state index in [-0.39, 0.29) is 17.9 Å². The number of esters is 1. The summed E-state index contributed by atoms with van der Waals surface area (Å²) in [6, 6.07) is 3.49. The number of ether oxygens (including phenoxy) is 2. The molecule has 0 bridgehead atoms. The van der Waals surface area contributed by atoms with Gasteiger partial charge in [-0.25, -0.2) is 9.78 Å². The van der Waals surface area contributed by atoms with Crippen LogP contribution in [0.1, 0.15) is 23.2 Å². The number of ketones is 1. The fraction of sp³-hybridized carbons (Fsp3) is 0.308. The third kappa shape index (κ3) is 2.29. The number of Topliss-reactive ketones (excluding diaryl/α,β-unsaturated/α-hetero) is 1. The van der Waals surface area contributed by atoms with Gasteiger partial charge in [0.05, 0.1) is 20.6 Å². The number of hydrogen-bond donors (Lipinski definition) is 0. The zero-order valence-electron chi connectivity index (χ0n) is 11.0. The number of hydrogen-bond acceptors (Lipinski definition) is 5. The van der Waals surface area contributed by atoms with Crippen molar-refractivity contribution < 1.29 is 19.1 Å². The third-order valence-electron chi connectivity index (χ3n) is 2.71. The average Bonchev–Trinajstić information content (AvgIpc) is 2.76. The molecule has 2 aromatic heterocycles. The van der Waals surface area contributed by atoms with Gasteiger partial charge in [-0.05, 0) is 19.1 Å². The van der Waals surface area contributed by atoms with Gasteiger partial charge in [0.2, 0.25) is 0 Å². The van der Waals surface area contributed by atoms with Crippen LogP contribution in [-0.4, -0.2) is 35.4 Å². The number of imidazole rings is 1.